The largest absolute Gasteiger partial charge is 0.457 e. The van der Waals surface area contributed by atoms with Crippen molar-refractivity contribution in [3.8, 4) is 11.5 Å². The standard InChI is InChI=1S/C19H22N2O3/c1-14(2)12-18(22)20-13-19(23)21-15-8-10-17(11-9-15)24-16-6-4-3-5-7-16/h3-11,14H,12-13H2,1-2H3,(H,20,22)(H,21,23). The lowest BCUT2D eigenvalue weighted by Crippen LogP contribution is -2.33. The van der Waals surface area contributed by atoms with E-state index in [-0.39, 0.29) is 24.3 Å². The number of carbonyl (C=O) groups is 2. The summed E-state index contributed by atoms with van der Waals surface area (Å²) >= 11 is 0. The van der Waals surface area contributed by atoms with E-state index in [1.54, 1.807) is 24.3 Å². The van der Waals surface area contributed by atoms with E-state index in [9.17, 15) is 9.59 Å². The molecule has 0 saturated heterocycles. The zero-order chi connectivity index (χ0) is 17.4. The molecule has 0 spiro atoms. The lowest BCUT2D eigenvalue weighted by molar-refractivity contribution is -0.124. The zero-order valence-corrected chi connectivity index (χ0v) is 13.9. The Kier molecular flexibility index (Phi) is 6.37. The molecule has 0 heterocycles. The van der Waals surface area contributed by atoms with E-state index >= 15 is 0 Å². The van der Waals surface area contributed by atoms with Gasteiger partial charge in [0, 0.05) is 12.1 Å². The van der Waals surface area contributed by atoms with Gasteiger partial charge in [-0.25, -0.2) is 0 Å². The van der Waals surface area contributed by atoms with Crippen LogP contribution in [0.4, 0.5) is 5.69 Å². The van der Waals surface area contributed by atoms with Crippen LogP contribution in [0.5, 0.6) is 11.5 Å². The van der Waals surface area contributed by atoms with Gasteiger partial charge in [0.2, 0.25) is 11.8 Å². The fraction of sp³-hybridized carbons (Fsp3) is 0.263. The molecule has 5 nitrogen and oxygen atoms in total. The van der Waals surface area contributed by atoms with Gasteiger partial charge < -0.3 is 15.4 Å². The number of rotatable bonds is 7. The van der Waals surface area contributed by atoms with Crippen molar-refractivity contribution in [3.63, 3.8) is 0 Å². The predicted molar refractivity (Wildman–Crippen MR) is 94.1 cm³/mol. The predicted octanol–water partition coefficient (Wildman–Crippen LogP) is 3.58. The van der Waals surface area contributed by atoms with Crippen LogP contribution >= 0.6 is 0 Å². The molecular weight excluding hydrogens is 304 g/mol. The Morgan fingerprint density at radius 1 is 0.917 bits per heavy atom. The van der Waals surface area contributed by atoms with Crippen LogP contribution in [0.1, 0.15) is 20.3 Å². The first-order chi connectivity index (χ1) is 11.5. The van der Waals surface area contributed by atoms with Crippen LogP contribution in [0.2, 0.25) is 0 Å². The van der Waals surface area contributed by atoms with Gasteiger partial charge in [-0.3, -0.25) is 9.59 Å². The summed E-state index contributed by atoms with van der Waals surface area (Å²) in [5.41, 5.74) is 0.651. The molecule has 0 atom stereocenters. The third-order valence-corrected chi connectivity index (χ3v) is 3.16. The normalized spacial score (nSPS) is 10.3. The molecule has 0 fully saturated rings. The highest BCUT2D eigenvalue weighted by Crippen LogP contribution is 2.22. The fourth-order valence-corrected chi connectivity index (χ4v) is 2.06. The van der Waals surface area contributed by atoms with Crippen molar-refractivity contribution in [1.29, 1.82) is 0 Å². The molecule has 2 amide bonds. The van der Waals surface area contributed by atoms with Crippen LogP contribution < -0.4 is 15.4 Å². The van der Waals surface area contributed by atoms with Crippen molar-refractivity contribution in [2.75, 3.05) is 11.9 Å². The molecule has 2 aromatic carbocycles. The maximum absolute atomic E-state index is 11.8. The zero-order valence-electron chi connectivity index (χ0n) is 13.9. The summed E-state index contributed by atoms with van der Waals surface area (Å²) < 4.78 is 5.68. The Hall–Kier alpha value is -2.82. The average molecular weight is 326 g/mol. The van der Waals surface area contributed by atoms with Gasteiger partial charge >= 0.3 is 0 Å². The number of nitrogens with one attached hydrogen (secondary N) is 2. The van der Waals surface area contributed by atoms with Gasteiger partial charge in [-0.1, -0.05) is 32.0 Å². The van der Waals surface area contributed by atoms with Crippen molar-refractivity contribution in [1.82, 2.24) is 5.32 Å². The molecule has 2 N–H and O–H groups in total. The molecule has 0 radical (unpaired) electrons. The number of hydrogen-bond acceptors (Lipinski definition) is 3. The molecule has 0 aliphatic rings. The summed E-state index contributed by atoms with van der Waals surface area (Å²) in [6.45, 7) is 3.88. The highest BCUT2D eigenvalue weighted by Gasteiger charge is 2.08. The second-order valence-electron chi connectivity index (χ2n) is 5.86. The number of carbonyl (C=O) groups excluding carboxylic acids is 2. The van der Waals surface area contributed by atoms with Crippen LogP contribution in [-0.2, 0) is 9.59 Å². The van der Waals surface area contributed by atoms with Gasteiger partial charge in [-0.15, -0.1) is 0 Å². The Morgan fingerprint density at radius 3 is 2.17 bits per heavy atom. The highest BCUT2D eigenvalue weighted by molar-refractivity contribution is 5.94. The molecule has 0 aromatic heterocycles. The molecule has 0 aliphatic carbocycles. The summed E-state index contributed by atoms with van der Waals surface area (Å²) in [4.78, 5) is 23.3. The quantitative estimate of drug-likeness (QED) is 0.817. The van der Waals surface area contributed by atoms with Crippen LogP contribution in [-0.4, -0.2) is 18.4 Å². The van der Waals surface area contributed by atoms with E-state index in [0.29, 0.717) is 17.9 Å². The minimum absolute atomic E-state index is 0.0339. The number of ether oxygens (including phenoxy) is 1. The van der Waals surface area contributed by atoms with Crippen LogP contribution in [0.3, 0.4) is 0 Å². The summed E-state index contributed by atoms with van der Waals surface area (Å²) in [7, 11) is 0. The Bertz CT molecular complexity index is 667. The molecule has 2 rings (SSSR count). The van der Waals surface area contributed by atoms with Crippen molar-refractivity contribution in [3.05, 3.63) is 54.6 Å². The Morgan fingerprint density at radius 2 is 1.54 bits per heavy atom. The number of amides is 2. The van der Waals surface area contributed by atoms with Crippen molar-refractivity contribution < 1.29 is 14.3 Å². The average Bonchev–Trinajstić information content (AvgIpc) is 2.55. The van der Waals surface area contributed by atoms with Crippen molar-refractivity contribution in [2.24, 2.45) is 5.92 Å². The molecule has 5 heteroatoms. The molecule has 24 heavy (non-hydrogen) atoms. The van der Waals surface area contributed by atoms with E-state index < -0.39 is 0 Å². The lowest BCUT2D eigenvalue weighted by Gasteiger charge is -2.09. The van der Waals surface area contributed by atoms with Gasteiger partial charge in [-0.2, -0.15) is 0 Å². The summed E-state index contributed by atoms with van der Waals surface area (Å²) in [5.74, 6) is 1.33. The second kappa shape index (κ2) is 8.72. The maximum atomic E-state index is 11.8. The molecular formula is C19H22N2O3. The smallest absolute Gasteiger partial charge is 0.243 e. The summed E-state index contributed by atoms with van der Waals surface area (Å²) in [6, 6.07) is 16.5. The lowest BCUT2D eigenvalue weighted by atomic mass is 10.1. The van der Waals surface area contributed by atoms with E-state index in [1.165, 1.54) is 0 Å². The van der Waals surface area contributed by atoms with Gasteiger partial charge in [0.1, 0.15) is 11.5 Å². The number of hydrogen-bond donors (Lipinski definition) is 2. The first kappa shape index (κ1) is 17.5. The van der Waals surface area contributed by atoms with E-state index in [0.717, 1.165) is 5.75 Å². The van der Waals surface area contributed by atoms with Gasteiger partial charge in [-0.05, 0) is 42.3 Å². The molecule has 0 unspecified atom stereocenters. The van der Waals surface area contributed by atoms with Crippen molar-refractivity contribution in [2.45, 2.75) is 20.3 Å². The second-order valence-corrected chi connectivity index (χ2v) is 5.86. The topological polar surface area (TPSA) is 67.4 Å². The van der Waals surface area contributed by atoms with E-state index in [1.807, 2.05) is 44.2 Å². The monoisotopic (exact) mass is 326 g/mol. The first-order valence-electron chi connectivity index (χ1n) is 7.92. The van der Waals surface area contributed by atoms with Crippen LogP contribution in [0, 0.1) is 5.92 Å². The molecule has 0 saturated carbocycles. The summed E-state index contributed by atoms with van der Waals surface area (Å²) in [6.07, 6.45) is 0.415. The molecule has 2 aromatic rings. The minimum atomic E-state index is -0.260. The van der Waals surface area contributed by atoms with Gasteiger partial charge in [0.05, 0.1) is 6.54 Å². The van der Waals surface area contributed by atoms with Crippen LogP contribution in [0.15, 0.2) is 54.6 Å². The Labute approximate surface area is 142 Å². The van der Waals surface area contributed by atoms with Gasteiger partial charge in [0.15, 0.2) is 0 Å². The molecule has 0 aliphatic heterocycles. The Balaban J connectivity index is 1.81. The van der Waals surface area contributed by atoms with E-state index in [2.05, 4.69) is 10.6 Å². The number of para-hydroxylation sites is 1. The third-order valence-electron chi connectivity index (χ3n) is 3.16. The van der Waals surface area contributed by atoms with Crippen LogP contribution in [0.25, 0.3) is 0 Å². The highest BCUT2D eigenvalue weighted by atomic mass is 16.5. The number of anilines is 1. The maximum Gasteiger partial charge on any atom is 0.243 e. The minimum Gasteiger partial charge on any atom is -0.457 e. The molecule has 0 bridgehead atoms. The fourth-order valence-electron chi connectivity index (χ4n) is 2.06. The van der Waals surface area contributed by atoms with Gasteiger partial charge in [0.25, 0.3) is 0 Å². The first-order valence-corrected chi connectivity index (χ1v) is 7.92. The third kappa shape index (κ3) is 6.12. The summed E-state index contributed by atoms with van der Waals surface area (Å²) in [5, 5.41) is 5.33. The van der Waals surface area contributed by atoms with E-state index in [4.69, 9.17) is 4.74 Å². The SMILES string of the molecule is CC(C)CC(=O)NCC(=O)Nc1ccc(Oc2ccccc2)cc1. The van der Waals surface area contributed by atoms with Crippen molar-refractivity contribution >= 4 is 17.5 Å². The number of benzene rings is 2. The molecule has 126 valence electrons.